The fourth-order valence-corrected chi connectivity index (χ4v) is 1.30. The lowest BCUT2D eigenvalue weighted by atomic mass is 10.0. The van der Waals surface area contributed by atoms with Crippen LogP contribution in [0.25, 0.3) is 0 Å². The summed E-state index contributed by atoms with van der Waals surface area (Å²) in [6.07, 6.45) is 0.684. The van der Waals surface area contributed by atoms with Crippen molar-refractivity contribution >= 4 is 11.8 Å². The van der Waals surface area contributed by atoms with Crippen LogP contribution in [0.15, 0.2) is 24.3 Å². The second-order valence-corrected chi connectivity index (χ2v) is 3.23. The summed E-state index contributed by atoms with van der Waals surface area (Å²) in [5.41, 5.74) is 1.46. The van der Waals surface area contributed by atoms with Crippen molar-refractivity contribution in [3.05, 3.63) is 35.4 Å². The quantitative estimate of drug-likeness (QED) is 0.559. The Labute approximate surface area is 89.1 Å². The molecule has 0 saturated carbocycles. The maximum Gasteiger partial charge on any atom is 0.309 e. The van der Waals surface area contributed by atoms with E-state index in [-0.39, 0.29) is 18.2 Å². The molecule has 3 nitrogen and oxygen atoms in total. The maximum atomic E-state index is 11.4. The number of Topliss-reactive ketones (excluding diaryl/α,β-unsaturated/α-hetero) is 1. The number of rotatable bonds is 4. The van der Waals surface area contributed by atoms with E-state index in [1.807, 2.05) is 13.0 Å². The first-order valence-electron chi connectivity index (χ1n) is 4.86. The summed E-state index contributed by atoms with van der Waals surface area (Å²) in [5, 5.41) is 0. The van der Waals surface area contributed by atoms with Gasteiger partial charge in [-0.3, -0.25) is 9.59 Å². The standard InChI is InChI=1S/C12H14O3/c1-3-11(13)10-6-4-5-9(7-10)8-12(14)15-2/h4-7H,3,8H2,1-2H3. The SMILES string of the molecule is CCC(=O)c1cccc(CC(=O)OC)c1. The highest BCUT2D eigenvalue weighted by molar-refractivity contribution is 5.96. The predicted octanol–water partition coefficient (Wildman–Crippen LogP) is 1.99. The molecule has 0 aromatic heterocycles. The minimum atomic E-state index is -0.295. The number of hydrogen-bond acceptors (Lipinski definition) is 3. The molecule has 0 radical (unpaired) electrons. The molecule has 0 fully saturated rings. The lowest BCUT2D eigenvalue weighted by Gasteiger charge is -2.02. The number of methoxy groups -OCH3 is 1. The molecule has 0 atom stereocenters. The van der Waals surface area contributed by atoms with Crippen LogP contribution in [0.4, 0.5) is 0 Å². The third-order valence-electron chi connectivity index (χ3n) is 2.15. The topological polar surface area (TPSA) is 43.4 Å². The monoisotopic (exact) mass is 206 g/mol. The Morgan fingerprint density at radius 3 is 2.67 bits per heavy atom. The zero-order chi connectivity index (χ0) is 11.3. The van der Waals surface area contributed by atoms with Gasteiger partial charge in [0.15, 0.2) is 5.78 Å². The minimum absolute atomic E-state index is 0.0849. The lowest BCUT2D eigenvalue weighted by Crippen LogP contribution is -2.05. The average molecular weight is 206 g/mol. The van der Waals surface area contributed by atoms with Gasteiger partial charge in [0.25, 0.3) is 0 Å². The molecule has 0 aliphatic carbocycles. The predicted molar refractivity (Wildman–Crippen MR) is 56.8 cm³/mol. The van der Waals surface area contributed by atoms with Crippen LogP contribution in [-0.2, 0) is 16.0 Å². The van der Waals surface area contributed by atoms with Crippen LogP contribution in [0, 0.1) is 0 Å². The molecule has 80 valence electrons. The molecular formula is C12H14O3. The maximum absolute atomic E-state index is 11.4. The third kappa shape index (κ3) is 3.20. The summed E-state index contributed by atoms with van der Waals surface area (Å²) in [4.78, 5) is 22.4. The van der Waals surface area contributed by atoms with Gasteiger partial charge >= 0.3 is 5.97 Å². The van der Waals surface area contributed by atoms with Crippen molar-refractivity contribution in [3.63, 3.8) is 0 Å². The van der Waals surface area contributed by atoms with Crippen molar-refractivity contribution in [2.24, 2.45) is 0 Å². The smallest absolute Gasteiger partial charge is 0.309 e. The molecule has 0 bridgehead atoms. The summed E-state index contributed by atoms with van der Waals surface area (Å²) in [5.74, 6) is -0.210. The summed E-state index contributed by atoms with van der Waals surface area (Å²) in [7, 11) is 1.35. The molecule has 0 unspecified atom stereocenters. The second kappa shape index (κ2) is 5.29. The Kier molecular flexibility index (Phi) is 4.03. The Balaban J connectivity index is 2.83. The number of hydrogen-bond donors (Lipinski definition) is 0. The number of carbonyl (C=O) groups excluding carboxylic acids is 2. The molecule has 0 heterocycles. The van der Waals surface area contributed by atoms with Crippen LogP contribution in [0.5, 0.6) is 0 Å². The van der Waals surface area contributed by atoms with Crippen LogP contribution in [0.2, 0.25) is 0 Å². The largest absolute Gasteiger partial charge is 0.469 e. The molecule has 3 heteroatoms. The molecule has 0 amide bonds. The zero-order valence-electron chi connectivity index (χ0n) is 8.95. The Bertz CT molecular complexity index is 369. The number of ether oxygens (including phenoxy) is 1. The first-order chi connectivity index (χ1) is 7.17. The fourth-order valence-electron chi connectivity index (χ4n) is 1.30. The Morgan fingerprint density at radius 2 is 2.07 bits per heavy atom. The molecule has 0 spiro atoms. The molecule has 15 heavy (non-hydrogen) atoms. The van der Waals surface area contributed by atoms with Crippen molar-refractivity contribution in [3.8, 4) is 0 Å². The molecule has 0 saturated heterocycles. The highest BCUT2D eigenvalue weighted by Gasteiger charge is 2.06. The summed E-state index contributed by atoms with van der Waals surface area (Å²) >= 11 is 0. The minimum Gasteiger partial charge on any atom is -0.469 e. The van der Waals surface area contributed by atoms with E-state index in [9.17, 15) is 9.59 Å². The second-order valence-electron chi connectivity index (χ2n) is 3.23. The zero-order valence-corrected chi connectivity index (χ0v) is 8.95. The Morgan fingerprint density at radius 1 is 1.33 bits per heavy atom. The summed E-state index contributed by atoms with van der Waals surface area (Å²) in [6.45, 7) is 1.81. The number of esters is 1. The van der Waals surface area contributed by atoms with Crippen molar-refractivity contribution in [1.29, 1.82) is 0 Å². The van der Waals surface area contributed by atoms with E-state index < -0.39 is 0 Å². The molecule has 1 aromatic rings. The van der Waals surface area contributed by atoms with Crippen LogP contribution in [-0.4, -0.2) is 18.9 Å². The molecule has 1 aromatic carbocycles. The van der Waals surface area contributed by atoms with E-state index in [0.717, 1.165) is 5.56 Å². The fraction of sp³-hybridized carbons (Fsp3) is 0.333. The highest BCUT2D eigenvalue weighted by atomic mass is 16.5. The normalized spacial score (nSPS) is 9.73. The van der Waals surface area contributed by atoms with Gasteiger partial charge in [-0.2, -0.15) is 0 Å². The molecule has 0 aliphatic rings. The highest BCUT2D eigenvalue weighted by Crippen LogP contribution is 2.08. The van der Waals surface area contributed by atoms with Crippen molar-refractivity contribution < 1.29 is 14.3 Å². The van der Waals surface area contributed by atoms with Crippen LogP contribution < -0.4 is 0 Å². The van der Waals surface area contributed by atoms with Gasteiger partial charge in [0.05, 0.1) is 13.5 Å². The number of ketones is 1. The molecule has 1 rings (SSSR count). The van der Waals surface area contributed by atoms with E-state index in [4.69, 9.17) is 0 Å². The van der Waals surface area contributed by atoms with Gasteiger partial charge in [0.1, 0.15) is 0 Å². The van der Waals surface area contributed by atoms with Gasteiger partial charge < -0.3 is 4.74 Å². The van der Waals surface area contributed by atoms with Crippen LogP contribution in [0.3, 0.4) is 0 Å². The lowest BCUT2D eigenvalue weighted by molar-refractivity contribution is -0.139. The Hall–Kier alpha value is -1.64. The van der Waals surface area contributed by atoms with E-state index in [2.05, 4.69) is 4.74 Å². The van der Waals surface area contributed by atoms with Crippen LogP contribution in [0.1, 0.15) is 29.3 Å². The van der Waals surface area contributed by atoms with Gasteiger partial charge in [0, 0.05) is 12.0 Å². The number of benzene rings is 1. The van der Waals surface area contributed by atoms with Crippen molar-refractivity contribution in [2.45, 2.75) is 19.8 Å². The van der Waals surface area contributed by atoms with Gasteiger partial charge in [-0.1, -0.05) is 25.1 Å². The van der Waals surface area contributed by atoms with Crippen molar-refractivity contribution in [1.82, 2.24) is 0 Å². The van der Waals surface area contributed by atoms with Crippen LogP contribution >= 0.6 is 0 Å². The third-order valence-corrected chi connectivity index (χ3v) is 2.15. The number of carbonyl (C=O) groups is 2. The average Bonchev–Trinajstić information content (AvgIpc) is 2.28. The van der Waals surface area contributed by atoms with E-state index in [0.29, 0.717) is 12.0 Å². The van der Waals surface area contributed by atoms with Gasteiger partial charge in [-0.15, -0.1) is 0 Å². The molecular weight excluding hydrogens is 192 g/mol. The molecule has 0 aliphatic heterocycles. The van der Waals surface area contributed by atoms with Gasteiger partial charge in [0.2, 0.25) is 0 Å². The van der Waals surface area contributed by atoms with E-state index >= 15 is 0 Å². The first kappa shape index (κ1) is 11.4. The van der Waals surface area contributed by atoms with E-state index in [1.54, 1.807) is 18.2 Å². The molecule has 0 N–H and O–H groups in total. The van der Waals surface area contributed by atoms with Crippen molar-refractivity contribution in [2.75, 3.05) is 7.11 Å². The first-order valence-corrected chi connectivity index (χ1v) is 4.86. The summed E-state index contributed by atoms with van der Waals surface area (Å²) in [6, 6.07) is 7.08. The summed E-state index contributed by atoms with van der Waals surface area (Å²) < 4.78 is 4.56. The van der Waals surface area contributed by atoms with E-state index in [1.165, 1.54) is 7.11 Å². The van der Waals surface area contributed by atoms with Gasteiger partial charge in [-0.25, -0.2) is 0 Å². The van der Waals surface area contributed by atoms with Gasteiger partial charge in [-0.05, 0) is 11.6 Å².